The van der Waals surface area contributed by atoms with Gasteiger partial charge in [-0.1, -0.05) is 63.3 Å². The van der Waals surface area contributed by atoms with E-state index < -0.39 is 12.0 Å². The molecule has 30 heavy (non-hydrogen) atoms. The maximum Gasteiger partial charge on any atom is 0.326 e. The van der Waals surface area contributed by atoms with Crippen LogP contribution in [0.15, 0.2) is 24.3 Å². The molecule has 164 valence electrons. The number of nitrogens with zero attached hydrogens (tertiary/aromatic N) is 1. The largest absolute Gasteiger partial charge is 0.480 e. The van der Waals surface area contributed by atoms with Gasteiger partial charge >= 0.3 is 5.97 Å². The first-order chi connectivity index (χ1) is 14.4. The number of nitrogen functional groups attached to an aromatic ring is 1. The second-order valence-electron chi connectivity index (χ2n) is 8.83. The summed E-state index contributed by atoms with van der Waals surface area (Å²) < 4.78 is 0. The van der Waals surface area contributed by atoms with E-state index in [-0.39, 0.29) is 29.6 Å². The van der Waals surface area contributed by atoms with Crippen molar-refractivity contribution in [2.45, 2.75) is 89.1 Å². The van der Waals surface area contributed by atoms with Crippen LogP contribution in [0.4, 0.5) is 0 Å². The molecule has 0 spiro atoms. The Labute approximate surface area is 179 Å². The predicted octanol–water partition coefficient (Wildman–Crippen LogP) is 4.27. The Hall–Kier alpha value is -2.37. The van der Waals surface area contributed by atoms with E-state index in [2.05, 4.69) is 0 Å². The lowest BCUT2D eigenvalue weighted by Gasteiger charge is -2.45. The average molecular weight is 414 g/mol. The summed E-state index contributed by atoms with van der Waals surface area (Å²) in [5.74, 6) is -0.729. The molecule has 0 bridgehead atoms. The quantitative estimate of drug-likeness (QED) is 0.458. The molecule has 3 atom stereocenters. The standard InChI is InChI=1S/C24H35N3O3/c1-2-21(28)27(22(24(29)30)17-8-4-3-5-9-17)20-11-7-6-10-19(20)16-12-14-18(15-13-16)23(25)26/h12-15,17,19-20,22H,2-11H2,1H3,(H3,25,26)(H,29,30). The third-order valence-corrected chi connectivity index (χ3v) is 6.98. The third-order valence-electron chi connectivity index (χ3n) is 6.98. The molecule has 4 N–H and O–H groups in total. The number of carbonyl (C=O) groups is 2. The van der Waals surface area contributed by atoms with Crippen molar-refractivity contribution >= 4 is 17.7 Å². The first-order valence-electron chi connectivity index (χ1n) is 11.4. The van der Waals surface area contributed by atoms with Crippen molar-refractivity contribution in [1.29, 1.82) is 5.41 Å². The Balaban J connectivity index is 1.96. The maximum atomic E-state index is 13.1. The number of aliphatic carboxylic acids is 1. The van der Waals surface area contributed by atoms with Crippen LogP contribution < -0.4 is 5.73 Å². The Bertz CT molecular complexity index is 755. The zero-order chi connectivity index (χ0) is 21.7. The summed E-state index contributed by atoms with van der Waals surface area (Å²) in [5.41, 5.74) is 7.38. The Kier molecular flexibility index (Phi) is 7.51. The molecule has 0 saturated heterocycles. The molecule has 2 aliphatic rings. The highest BCUT2D eigenvalue weighted by atomic mass is 16.4. The van der Waals surface area contributed by atoms with Gasteiger partial charge in [0.1, 0.15) is 11.9 Å². The number of nitrogens with one attached hydrogen (secondary N) is 1. The highest BCUT2D eigenvalue weighted by Crippen LogP contribution is 2.40. The number of hydrogen-bond acceptors (Lipinski definition) is 3. The van der Waals surface area contributed by atoms with Gasteiger partial charge in [0.2, 0.25) is 5.91 Å². The molecule has 6 heteroatoms. The van der Waals surface area contributed by atoms with Gasteiger partial charge in [0.05, 0.1) is 0 Å². The van der Waals surface area contributed by atoms with E-state index >= 15 is 0 Å². The molecule has 2 fully saturated rings. The second-order valence-corrected chi connectivity index (χ2v) is 8.83. The summed E-state index contributed by atoms with van der Waals surface area (Å²) >= 11 is 0. The van der Waals surface area contributed by atoms with Gasteiger partial charge in [0, 0.05) is 23.9 Å². The number of carboxylic acid groups (broad SMARTS) is 1. The van der Waals surface area contributed by atoms with Gasteiger partial charge in [0.25, 0.3) is 0 Å². The molecule has 0 heterocycles. The fourth-order valence-corrected chi connectivity index (χ4v) is 5.47. The number of rotatable bonds is 7. The Morgan fingerprint density at radius 2 is 1.67 bits per heavy atom. The predicted molar refractivity (Wildman–Crippen MR) is 118 cm³/mol. The second kappa shape index (κ2) is 10.1. The van der Waals surface area contributed by atoms with Crippen LogP contribution in [0.5, 0.6) is 0 Å². The summed E-state index contributed by atoms with van der Waals surface area (Å²) in [6.45, 7) is 1.83. The van der Waals surface area contributed by atoms with Crippen molar-refractivity contribution in [2.75, 3.05) is 0 Å². The van der Waals surface area contributed by atoms with Gasteiger partial charge in [0.15, 0.2) is 0 Å². The lowest BCUT2D eigenvalue weighted by Crippen LogP contribution is -2.56. The van der Waals surface area contributed by atoms with Crippen LogP contribution >= 0.6 is 0 Å². The molecule has 1 amide bonds. The zero-order valence-electron chi connectivity index (χ0n) is 18.0. The van der Waals surface area contributed by atoms with Gasteiger partial charge in [-0.3, -0.25) is 10.2 Å². The van der Waals surface area contributed by atoms with Crippen molar-refractivity contribution < 1.29 is 14.7 Å². The highest BCUT2D eigenvalue weighted by Gasteiger charge is 2.43. The third kappa shape index (κ3) is 4.85. The average Bonchev–Trinajstić information content (AvgIpc) is 2.77. The SMILES string of the molecule is CCC(=O)N(C1CCCCC1c1ccc(C(=N)N)cc1)C(C(=O)O)C1CCCCC1. The lowest BCUT2D eigenvalue weighted by molar-refractivity contribution is -0.157. The number of amides is 1. The van der Waals surface area contributed by atoms with Gasteiger partial charge in [-0.05, 0) is 37.2 Å². The number of nitrogens with two attached hydrogens (primary N) is 1. The van der Waals surface area contributed by atoms with E-state index in [9.17, 15) is 14.7 Å². The number of carboxylic acids is 1. The molecule has 1 aromatic rings. The van der Waals surface area contributed by atoms with Crippen LogP contribution in [0.1, 0.15) is 88.2 Å². The van der Waals surface area contributed by atoms with Gasteiger partial charge in [-0.15, -0.1) is 0 Å². The van der Waals surface area contributed by atoms with E-state index in [0.717, 1.165) is 63.4 Å². The molecular weight excluding hydrogens is 378 g/mol. The Morgan fingerprint density at radius 1 is 1.07 bits per heavy atom. The van der Waals surface area contributed by atoms with Gasteiger partial charge < -0.3 is 15.7 Å². The van der Waals surface area contributed by atoms with Crippen LogP contribution in [0.2, 0.25) is 0 Å². The van der Waals surface area contributed by atoms with Gasteiger partial charge in [-0.25, -0.2) is 4.79 Å². The molecule has 2 aliphatic carbocycles. The lowest BCUT2D eigenvalue weighted by atomic mass is 9.76. The fourth-order valence-electron chi connectivity index (χ4n) is 5.47. The summed E-state index contributed by atoms with van der Waals surface area (Å²) in [7, 11) is 0. The summed E-state index contributed by atoms with van der Waals surface area (Å²) in [5, 5.41) is 17.8. The maximum absolute atomic E-state index is 13.1. The van der Waals surface area contributed by atoms with E-state index in [1.54, 1.807) is 4.90 Å². The van der Waals surface area contributed by atoms with E-state index in [1.165, 1.54) is 0 Å². The molecule has 0 aromatic heterocycles. The first kappa shape index (κ1) is 22.3. The smallest absolute Gasteiger partial charge is 0.326 e. The van der Waals surface area contributed by atoms with E-state index in [4.69, 9.17) is 11.1 Å². The molecule has 3 rings (SSSR count). The summed E-state index contributed by atoms with van der Waals surface area (Å²) in [6, 6.07) is 6.85. The molecule has 0 aliphatic heterocycles. The van der Waals surface area contributed by atoms with Crippen molar-refractivity contribution in [3.05, 3.63) is 35.4 Å². The molecule has 0 radical (unpaired) electrons. The molecule has 1 aromatic carbocycles. The Morgan fingerprint density at radius 3 is 2.23 bits per heavy atom. The minimum atomic E-state index is -0.861. The van der Waals surface area contributed by atoms with Crippen molar-refractivity contribution in [2.24, 2.45) is 11.7 Å². The van der Waals surface area contributed by atoms with Crippen LogP contribution in [0.3, 0.4) is 0 Å². The number of benzene rings is 1. The van der Waals surface area contributed by atoms with Gasteiger partial charge in [-0.2, -0.15) is 0 Å². The minimum Gasteiger partial charge on any atom is -0.480 e. The molecular formula is C24H35N3O3. The minimum absolute atomic E-state index is 0.0350. The topological polar surface area (TPSA) is 107 Å². The van der Waals surface area contributed by atoms with Crippen LogP contribution in [0.25, 0.3) is 0 Å². The van der Waals surface area contributed by atoms with Crippen molar-refractivity contribution in [3.8, 4) is 0 Å². The number of carbonyl (C=O) groups excluding carboxylic acids is 1. The normalized spacial score (nSPS) is 23.5. The molecule has 3 unspecified atom stereocenters. The zero-order valence-corrected chi connectivity index (χ0v) is 18.0. The highest BCUT2D eigenvalue weighted by molar-refractivity contribution is 5.94. The first-order valence-corrected chi connectivity index (χ1v) is 11.4. The van der Waals surface area contributed by atoms with Crippen molar-refractivity contribution in [3.63, 3.8) is 0 Å². The van der Waals surface area contributed by atoms with Crippen LogP contribution in [-0.4, -0.2) is 39.8 Å². The number of hydrogen-bond donors (Lipinski definition) is 3. The van der Waals surface area contributed by atoms with Crippen LogP contribution in [-0.2, 0) is 9.59 Å². The van der Waals surface area contributed by atoms with Crippen LogP contribution in [0, 0.1) is 11.3 Å². The fraction of sp³-hybridized carbons (Fsp3) is 0.625. The molecule has 2 saturated carbocycles. The van der Waals surface area contributed by atoms with Crippen molar-refractivity contribution in [1.82, 2.24) is 4.90 Å². The monoisotopic (exact) mass is 413 g/mol. The summed E-state index contributed by atoms with van der Waals surface area (Å²) in [4.78, 5) is 27.3. The number of amidine groups is 1. The van der Waals surface area contributed by atoms with E-state index in [0.29, 0.717) is 12.0 Å². The summed E-state index contributed by atoms with van der Waals surface area (Å²) in [6.07, 6.45) is 9.19. The molecule has 6 nitrogen and oxygen atoms in total. The van der Waals surface area contributed by atoms with E-state index in [1.807, 2.05) is 31.2 Å².